The van der Waals surface area contributed by atoms with Crippen molar-refractivity contribution < 1.29 is 22.7 Å². The summed E-state index contributed by atoms with van der Waals surface area (Å²) in [5.41, 5.74) is 3.14. The van der Waals surface area contributed by atoms with Gasteiger partial charge in [0.1, 0.15) is 11.5 Å². The normalized spacial score (nSPS) is 22.8. The number of carbonyl (C=O) groups excluding carboxylic acids is 1. The molecule has 2 heterocycles. The zero-order chi connectivity index (χ0) is 27.7. The van der Waals surface area contributed by atoms with E-state index in [0.717, 1.165) is 41.0 Å². The number of carbonyl (C=O) groups is 1. The van der Waals surface area contributed by atoms with Crippen LogP contribution < -0.4 is 10.1 Å². The van der Waals surface area contributed by atoms with Crippen LogP contribution in [0.25, 0.3) is 0 Å². The summed E-state index contributed by atoms with van der Waals surface area (Å²) in [7, 11) is -3.24. The van der Waals surface area contributed by atoms with Crippen LogP contribution in [0.3, 0.4) is 0 Å². The van der Waals surface area contributed by atoms with Crippen LogP contribution in [0.2, 0.25) is 0 Å². The van der Waals surface area contributed by atoms with Crippen molar-refractivity contribution >= 4 is 15.7 Å². The Kier molecular flexibility index (Phi) is 7.63. The van der Waals surface area contributed by atoms with Crippen molar-refractivity contribution in [3.63, 3.8) is 0 Å². The number of nitrogens with one attached hydrogen (secondary N) is 1. The number of likely N-dealkylation sites (tertiary alicyclic amines) is 1. The van der Waals surface area contributed by atoms with Crippen LogP contribution in [0.15, 0.2) is 77.7 Å². The molecule has 8 nitrogen and oxygen atoms in total. The molecular formula is C31H35N3O5S. The highest BCUT2D eigenvalue weighted by Gasteiger charge is 2.36. The maximum absolute atomic E-state index is 13.3. The summed E-state index contributed by atoms with van der Waals surface area (Å²) < 4.78 is 36.3. The molecule has 3 aromatic carbocycles. The minimum Gasteiger partial charge on any atom is -0.457 e. The first-order chi connectivity index (χ1) is 19.3. The largest absolute Gasteiger partial charge is 0.457 e. The van der Waals surface area contributed by atoms with Gasteiger partial charge < -0.3 is 14.8 Å². The van der Waals surface area contributed by atoms with E-state index in [1.807, 2.05) is 48.5 Å². The standard InChI is InChI=1S/C31H35N3O5S/c1-40(36,37)28-12-8-22(9-13-28)16-33-18-29-30(19-33)38-21-24-5-3-7-27(15-24)39-26-6-2-4-23(14-26)17-34(25-10-11-25)20-31(35)32-29/h2-9,12-15,25,29-30H,10-11,16-21H2,1H3,(H,32,35)/t29-,30-/m0/s1. The summed E-state index contributed by atoms with van der Waals surface area (Å²) >= 11 is 0. The molecule has 0 spiro atoms. The van der Waals surface area contributed by atoms with Crippen molar-refractivity contribution in [1.29, 1.82) is 0 Å². The molecule has 6 rings (SSSR count). The van der Waals surface area contributed by atoms with E-state index < -0.39 is 9.84 Å². The van der Waals surface area contributed by atoms with Crippen molar-refractivity contribution in [2.75, 3.05) is 25.9 Å². The van der Waals surface area contributed by atoms with Gasteiger partial charge in [-0.3, -0.25) is 14.6 Å². The van der Waals surface area contributed by atoms with E-state index in [9.17, 15) is 13.2 Å². The zero-order valence-corrected chi connectivity index (χ0v) is 23.5. The molecule has 1 aliphatic carbocycles. The fourth-order valence-corrected chi connectivity index (χ4v) is 6.19. The maximum Gasteiger partial charge on any atom is 0.234 e. The van der Waals surface area contributed by atoms with Crippen LogP contribution in [-0.4, -0.2) is 68.2 Å². The second-order valence-electron chi connectivity index (χ2n) is 11.2. The first-order valence-corrected chi connectivity index (χ1v) is 15.7. The van der Waals surface area contributed by atoms with Gasteiger partial charge in [-0.25, -0.2) is 8.42 Å². The molecule has 1 saturated carbocycles. The van der Waals surface area contributed by atoms with Gasteiger partial charge in [0.25, 0.3) is 0 Å². The van der Waals surface area contributed by atoms with Crippen molar-refractivity contribution in [1.82, 2.24) is 15.1 Å². The lowest BCUT2D eigenvalue weighted by Crippen LogP contribution is -2.48. The summed E-state index contributed by atoms with van der Waals surface area (Å²) in [6, 6.07) is 23.3. The Labute approximate surface area is 235 Å². The number of fused-ring (bicyclic) bond motifs is 5. The van der Waals surface area contributed by atoms with Gasteiger partial charge in [0.2, 0.25) is 5.91 Å². The third kappa shape index (κ3) is 6.72. The lowest BCUT2D eigenvalue weighted by molar-refractivity contribution is -0.124. The van der Waals surface area contributed by atoms with Crippen molar-refractivity contribution in [3.8, 4) is 11.5 Å². The van der Waals surface area contributed by atoms with Crippen LogP contribution in [0.5, 0.6) is 11.5 Å². The minimum absolute atomic E-state index is 0.00588. The Hall–Kier alpha value is -3.24. The topological polar surface area (TPSA) is 88.2 Å². The van der Waals surface area contributed by atoms with Gasteiger partial charge in [-0.15, -0.1) is 0 Å². The molecule has 1 amide bonds. The summed E-state index contributed by atoms with van der Waals surface area (Å²) in [4.78, 5) is 18.1. The van der Waals surface area contributed by atoms with Gasteiger partial charge in [-0.1, -0.05) is 36.4 Å². The van der Waals surface area contributed by atoms with Crippen LogP contribution in [0, 0.1) is 0 Å². The molecular weight excluding hydrogens is 526 g/mol. The van der Waals surface area contributed by atoms with Gasteiger partial charge in [-0.2, -0.15) is 0 Å². The SMILES string of the molecule is CS(=O)(=O)c1ccc(CN2C[C@@H]3NC(=O)CN(C4CC4)Cc4cccc(c4)Oc4cccc(c4)CO[C@H]3C2)cc1. The first-order valence-electron chi connectivity index (χ1n) is 13.8. The van der Waals surface area contributed by atoms with E-state index in [0.29, 0.717) is 50.3 Å². The van der Waals surface area contributed by atoms with E-state index in [4.69, 9.17) is 9.47 Å². The van der Waals surface area contributed by atoms with Crippen LogP contribution in [0.4, 0.5) is 0 Å². The average molecular weight is 562 g/mol. The summed E-state index contributed by atoms with van der Waals surface area (Å²) in [5.74, 6) is 1.55. The van der Waals surface area contributed by atoms with Gasteiger partial charge in [0.05, 0.1) is 30.2 Å². The molecule has 9 heteroatoms. The molecule has 1 saturated heterocycles. The summed E-state index contributed by atoms with van der Waals surface area (Å²) in [6.07, 6.45) is 3.25. The van der Waals surface area contributed by atoms with Crippen molar-refractivity contribution in [3.05, 3.63) is 89.5 Å². The zero-order valence-electron chi connectivity index (χ0n) is 22.7. The molecule has 1 N–H and O–H groups in total. The van der Waals surface area contributed by atoms with Gasteiger partial charge >= 0.3 is 0 Å². The van der Waals surface area contributed by atoms with Gasteiger partial charge in [0.15, 0.2) is 9.84 Å². The monoisotopic (exact) mass is 561 g/mol. The lowest BCUT2D eigenvalue weighted by atomic mass is 10.1. The molecule has 2 atom stereocenters. The number of hydrogen-bond acceptors (Lipinski definition) is 7. The number of nitrogens with zero attached hydrogens (tertiary/aromatic N) is 2. The van der Waals surface area contributed by atoms with E-state index in [1.165, 1.54) is 6.26 Å². The lowest BCUT2D eigenvalue weighted by Gasteiger charge is -2.25. The highest BCUT2D eigenvalue weighted by molar-refractivity contribution is 7.90. The first kappa shape index (κ1) is 27.0. The quantitative estimate of drug-likeness (QED) is 0.519. The molecule has 40 heavy (non-hydrogen) atoms. The average Bonchev–Trinajstić information content (AvgIpc) is 3.70. The predicted molar refractivity (Wildman–Crippen MR) is 152 cm³/mol. The van der Waals surface area contributed by atoms with Crippen molar-refractivity contribution in [2.24, 2.45) is 0 Å². The molecule has 3 aromatic rings. The molecule has 210 valence electrons. The number of benzene rings is 3. The second-order valence-corrected chi connectivity index (χ2v) is 13.2. The smallest absolute Gasteiger partial charge is 0.234 e. The molecule has 0 unspecified atom stereocenters. The number of amides is 1. The van der Waals surface area contributed by atoms with E-state index >= 15 is 0 Å². The second kappa shape index (κ2) is 11.3. The minimum atomic E-state index is -3.24. The fourth-order valence-electron chi connectivity index (χ4n) is 5.56. The Bertz CT molecular complexity index is 1470. The number of rotatable bonds is 4. The molecule has 4 bridgehead atoms. The maximum atomic E-state index is 13.3. The molecule has 2 fully saturated rings. The van der Waals surface area contributed by atoms with E-state index in [-0.39, 0.29) is 18.1 Å². The molecule has 0 aromatic heterocycles. The number of sulfone groups is 1. The fraction of sp³-hybridized carbons (Fsp3) is 0.387. The third-order valence-corrected chi connectivity index (χ3v) is 8.87. The van der Waals surface area contributed by atoms with E-state index in [1.54, 1.807) is 12.1 Å². The van der Waals surface area contributed by atoms with Crippen LogP contribution in [0.1, 0.15) is 29.5 Å². The number of hydrogen-bond donors (Lipinski definition) is 1. The van der Waals surface area contributed by atoms with E-state index in [2.05, 4.69) is 27.2 Å². The Morgan fingerprint density at radius 2 is 1.60 bits per heavy atom. The Morgan fingerprint density at radius 1 is 0.900 bits per heavy atom. The predicted octanol–water partition coefficient (Wildman–Crippen LogP) is 3.75. The third-order valence-electron chi connectivity index (χ3n) is 7.74. The van der Waals surface area contributed by atoms with Gasteiger partial charge in [0, 0.05) is 38.5 Å². The molecule has 3 aliphatic rings. The highest BCUT2D eigenvalue weighted by Crippen LogP contribution is 2.30. The van der Waals surface area contributed by atoms with Crippen molar-refractivity contribution in [2.45, 2.75) is 55.6 Å². The molecule has 2 aliphatic heterocycles. The van der Waals surface area contributed by atoms with Gasteiger partial charge in [-0.05, 0) is 65.9 Å². The Balaban J connectivity index is 1.22. The highest BCUT2D eigenvalue weighted by atomic mass is 32.2. The Morgan fingerprint density at radius 3 is 2.30 bits per heavy atom. The number of ether oxygens (including phenoxy) is 2. The van der Waals surface area contributed by atoms with Crippen LogP contribution >= 0.6 is 0 Å². The molecule has 0 radical (unpaired) electrons. The van der Waals surface area contributed by atoms with Crippen LogP contribution in [-0.2, 0) is 39.1 Å². The summed E-state index contributed by atoms with van der Waals surface area (Å²) in [6.45, 7) is 3.38. The summed E-state index contributed by atoms with van der Waals surface area (Å²) in [5, 5.41) is 3.28.